The van der Waals surface area contributed by atoms with Crippen molar-refractivity contribution < 1.29 is 19.7 Å². The molecule has 0 aliphatic rings. The van der Waals surface area contributed by atoms with Gasteiger partial charge in [0.25, 0.3) is 0 Å². The lowest BCUT2D eigenvalue weighted by molar-refractivity contribution is -0.0381. The molecular weight excluding hydrogens is 160 g/mol. The van der Waals surface area contributed by atoms with E-state index in [2.05, 4.69) is 0 Å². The quantitative estimate of drug-likeness (QED) is 0.566. The van der Waals surface area contributed by atoms with E-state index in [-0.39, 0.29) is 19.3 Å². The monoisotopic (exact) mass is 178 g/mol. The van der Waals surface area contributed by atoms with Gasteiger partial charge in [-0.05, 0) is 13.3 Å². The van der Waals surface area contributed by atoms with Crippen molar-refractivity contribution in [1.82, 2.24) is 0 Å². The molecule has 0 fully saturated rings. The molecule has 4 nitrogen and oxygen atoms in total. The number of hydrogen-bond donors (Lipinski definition) is 2. The first kappa shape index (κ1) is 11.8. The first-order chi connectivity index (χ1) is 5.70. The van der Waals surface area contributed by atoms with Gasteiger partial charge >= 0.3 is 0 Å². The number of hydrogen-bond acceptors (Lipinski definition) is 4. The highest BCUT2D eigenvalue weighted by Crippen LogP contribution is 1.98. The van der Waals surface area contributed by atoms with Gasteiger partial charge in [0.2, 0.25) is 0 Å². The van der Waals surface area contributed by atoms with E-state index in [0.29, 0.717) is 13.0 Å². The Bertz CT molecular complexity index is 95.1. The first-order valence-corrected chi connectivity index (χ1v) is 4.10. The van der Waals surface area contributed by atoms with Gasteiger partial charge in [-0.2, -0.15) is 0 Å². The molecule has 0 saturated carbocycles. The van der Waals surface area contributed by atoms with E-state index in [4.69, 9.17) is 19.7 Å². The van der Waals surface area contributed by atoms with Crippen LogP contribution in [0.25, 0.3) is 0 Å². The molecule has 0 aromatic rings. The molecule has 0 aromatic carbocycles. The van der Waals surface area contributed by atoms with Gasteiger partial charge in [0.1, 0.15) is 0 Å². The molecule has 0 aliphatic heterocycles. The van der Waals surface area contributed by atoms with E-state index in [1.807, 2.05) is 0 Å². The highest BCUT2D eigenvalue weighted by Gasteiger charge is 2.08. The van der Waals surface area contributed by atoms with Gasteiger partial charge in [0.15, 0.2) is 0 Å². The number of methoxy groups -OCH3 is 1. The van der Waals surface area contributed by atoms with Crippen molar-refractivity contribution in [2.24, 2.45) is 0 Å². The van der Waals surface area contributed by atoms with Crippen molar-refractivity contribution in [3.05, 3.63) is 0 Å². The lowest BCUT2D eigenvalue weighted by Gasteiger charge is -2.15. The van der Waals surface area contributed by atoms with E-state index in [1.165, 1.54) is 0 Å². The maximum atomic E-state index is 8.88. The first-order valence-electron chi connectivity index (χ1n) is 4.10. The second-order valence-corrected chi connectivity index (χ2v) is 2.77. The summed E-state index contributed by atoms with van der Waals surface area (Å²) in [7, 11) is 1.60. The Balaban J connectivity index is 3.39. The van der Waals surface area contributed by atoms with Crippen LogP contribution < -0.4 is 0 Å². The van der Waals surface area contributed by atoms with Gasteiger partial charge in [0, 0.05) is 13.7 Å². The van der Waals surface area contributed by atoms with Crippen molar-refractivity contribution in [1.29, 1.82) is 0 Å². The maximum Gasteiger partial charge on any atom is 0.0828 e. The molecule has 74 valence electrons. The fraction of sp³-hybridized carbons (Fsp3) is 1.00. The van der Waals surface area contributed by atoms with Gasteiger partial charge in [-0.3, -0.25) is 0 Å². The molecule has 0 aromatic heterocycles. The van der Waals surface area contributed by atoms with Gasteiger partial charge in [-0.1, -0.05) is 0 Å². The molecule has 0 heterocycles. The predicted octanol–water partition coefficient (Wildman–Crippen LogP) is -0.219. The Labute approximate surface area is 73.1 Å². The molecule has 0 bridgehead atoms. The van der Waals surface area contributed by atoms with Crippen LogP contribution in [0.2, 0.25) is 0 Å². The summed E-state index contributed by atoms with van der Waals surface area (Å²) < 4.78 is 10.0. The summed E-state index contributed by atoms with van der Waals surface area (Å²) in [5, 5.41) is 17.7. The van der Waals surface area contributed by atoms with Crippen molar-refractivity contribution in [3.63, 3.8) is 0 Å². The molecule has 2 unspecified atom stereocenters. The van der Waals surface area contributed by atoms with Crippen LogP contribution in [0.1, 0.15) is 13.3 Å². The third-order valence-electron chi connectivity index (χ3n) is 1.42. The van der Waals surface area contributed by atoms with E-state index < -0.39 is 6.10 Å². The van der Waals surface area contributed by atoms with E-state index >= 15 is 0 Å². The summed E-state index contributed by atoms with van der Waals surface area (Å²) in [6.45, 7) is 2.43. The highest BCUT2D eigenvalue weighted by atomic mass is 16.5. The Morgan fingerprint density at radius 2 is 2.08 bits per heavy atom. The summed E-state index contributed by atoms with van der Waals surface area (Å²) in [4.78, 5) is 0. The van der Waals surface area contributed by atoms with Crippen molar-refractivity contribution in [2.45, 2.75) is 25.6 Å². The summed E-state index contributed by atoms with van der Waals surface area (Å²) >= 11 is 0. The van der Waals surface area contributed by atoms with Gasteiger partial charge in [-0.25, -0.2) is 0 Å². The average molecular weight is 178 g/mol. The van der Waals surface area contributed by atoms with Gasteiger partial charge in [-0.15, -0.1) is 0 Å². The van der Waals surface area contributed by atoms with E-state index in [0.717, 1.165) is 0 Å². The Morgan fingerprint density at radius 3 is 2.50 bits per heavy atom. The molecule has 12 heavy (non-hydrogen) atoms. The number of aliphatic hydroxyl groups is 2. The van der Waals surface area contributed by atoms with Crippen LogP contribution in [0.5, 0.6) is 0 Å². The van der Waals surface area contributed by atoms with Crippen LogP contribution in [0.4, 0.5) is 0 Å². The van der Waals surface area contributed by atoms with Crippen LogP contribution in [-0.2, 0) is 9.47 Å². The molecule has 0 aliphatic carbocycles. The van der Waals surface area contributed by atoms with Gasteiger partial charge in [0.05, 0.1) is 25.4 Å². The fourth-order valence-corrected chi connectivity index (χ4v) is 0.752. The van der Waals surface area contributed by atoms with Gasteiger partial charge < -0.3 is 19.7 Å². The zero-order valence-electron chi connectivity index (χ0n) is 7.69. The summed E-state index contributed by atoms with van der Waals surface area (Å²) in [5.41, 5.74) is 0. The topological polar surface area (TPSA) is 58.9 Å². The average Bonchev–Trinajstić information content (AvgIpc) is 2.05. The Morgan fingerprint density at radius 1 is 1.42 bits per heavy atom. The zero-order valence-corrected chi connectivity index (χ0v) is 7.69. The fourth-order valence-electron chi connectivity index (χ4n) is 0.752. The van der Waals surface area contributed by atoms with Crippen molar-refractivity contribution in [2.75, 3.05) is 26.9 Å². The molecule has 0 rings (SSSR count). The lowest BCUT2D eigenvalue weighted by atomic mass is 10.3. The van der Waals surface area contributed by atoms with Crippen LogP contribution in [-0.4, -0.2) is 49.4 Å². The molecular formula is C8H18O4. The van der Waals surface area contributed by atoms with Crippen LogP contribution in [0.15, 0.2) is 0 Å². The predicted molar refractivity (Wildman–Crippen MR) is 45.0 cm³/mol. The van der Waals surface area contributed by atoms with Crippen LogP contribution >= 0.6 is 0 Å². The summed E-state index contributed by atoms with van der Waals surface area (Å²) in [5.74, 6) is 0. The molecule has 0 amide bonds. The van der Waals surface area contributed by atoms with E-state index in [9.17, 15) is 0 Å². The minimum absolute atomic E-state index is 0.0317. The third-order valence-corrected chi connectivity index (χ3v) is 1.42. The Kier molecular flexibility index (Phi) is 7.39. The zero-order chi connectivity index (χ0) is 9.40. The summed E-state index contributed by atoms with van der Waals surface area (Å²) in [6.07, 6.45) is -0.0548. The minimum Gasteiger partial charge on any atom is -0.394 e. The molecule has 2 atom stereocenters. The molecule has 0 spiro atoms. The number of ether oxygens (including phenoxy) is 2. The second kappa shape index (κ2) is 7.49. The normalized spacial score (nSPS) is 16.0. The highest BCUT2D eigenvalue weighted by molar-refractivity contribution is 4.56. The molecule has 2 N–H and O–H groups in total. The largest absolute Gasteiger partial charge is 0.394 e. The molecule has 4 heteroatoms. The number of rotatable bonds is 7. The minimum atomic E-state index is -0.485. The lowest BCUT2D eigenvalue weighted by Crippen LogP contribution is -2.24. The van der Waals surface area contributed by atoms with Crippen LogP contribution in [0.3, 0.4) is 0 Å². The SMILES string of the molecule is COCCC(CO)OCC(C)O. The molecule has 0 saturated heterocycles. The number of aliphatic hydroxyl groups excluding tert-OH is 2. The second-order valence-electron chi connectivity index (χ2n) is 2.77. The summed E-state index contributed by atoms with van der Waals surface area (Å²) in [6, 6.07) is 0. The maximum absolute atomic E-state index is 8.88. The Hall–Kier alpha value is -0.160. The van der Waals surface area contributed by atoms with E-state index in [1.54, 1.807) is 14.0 Å². The third kappa shape index (κ3) is 6.54. The van der Waals surface area contributed by atoms with Crippen molar-refractivity contribution in [3.8, 4) is 0 Å². The standard InChI is InChI=1S/C8H18O4/c1-7(10)6-12-8(5-9)3-4-11-2/h7-10H,3-6H2,1-2H3. The van der Waals surface area contributed by atoms with Crippen molar-refractivity contribution >= 4 is 0 Å². The van der Waals surface area contributed by atoms with Crippen LogP contribution in [0, 0.1) is 0 Å². The molecule has 0 radical (unpaired) electrons. The smallest absolute Gasteiger partial charge is 0.0828 e.